The van der Waals surface area contributed by atoms with Crippen LogP contribution in [0.25, 0.3) is 10.9 Å². The molecule has 96 valence electrons. The lowest BCUT2D eigenvalue weighted by Gasteiger charge is -2.12. The van der Waals surface area contributed by atoms with Crippen molar-refractivity contribution in [1.82, 2.24) is 4.98 Å². The molecule has 2 heteroatoms. The van der Waals surface area contributed by atoms with Gasteiger partial charge < -0.3 is 5.32 Å². The maximum atomic E-state index is 4.73. The third-order valence-corrected chi connectivity index (χ3v) is 3.31. The molecule has 2 nitrogen and oxygen atoms in total. The quantitative estimate of drug-likeness (QED) is 0.862. The third-order valence-electron chi connectivity index (χ3n) is 3.31. The first-order valence-electron chi connectivity index (χ1n) is 6.83. The van der Waals surface area contributed by atoms with Crippen LogP contribution in [0, 0.1) is 0 Å². The van der Waals surface area contributed by atoms with E-state index < -0.39 is 0 Å². The first-order chi connectivity index (χ1) is 8.65. The van der Waals surface area contributed by atoms with E-state index in [0.29, 0.717) is 5.92 Å². The van der Waals surface area contributed by atoms with Crippen molar-refractivity contribution in [2.45, 2.75) is 40.0 Å². The molecule has 0 atom stereocenters. The highest BCUT2D eigenvalue weighted by Crippen LogP contribution is 2.24. The third kappa shape index (κ3) is 2.47. The zero-order chi connectivity index (χ0) is 13.1. The van der Waals surface area contributed by atoms with Crippen LogP contribution in [0.1, 0.15) is 44.7 Å². The van der Waals surface area contributed by atoms with Crippen LogP contribution in [0.3, 0.4) is 0 Å². The van der Waals surface area contributed by atoms with Crippen LogP contribution in [-0.4, -0.2) is 11.5 Å². The number of hydrogen-bond acceptors (Lipinski definition) is 2. The molecule has 1 N–H and O–H groups in total. The number of hydrogen-bond donors (Lipinski definition) is 1. The van der Waals surface area contributed by atoms with Crippen LogP contribution in [0.5, 0.6) is 0 Å². The lowest BCUT2D eigenvalue weighted by Crippen LogP contribution is -2.03. The first-order valence-corrected chi connectivity index (χ1v) is 6.83. The molecule has 0 aliphatic rings. The molecule has 0 aliphatic carbocycles. The highest BCUT2D eigenvalue weighted by atomic mass is 15.0. The van der Waals surface area contributed by atoms with Gasteiger partial charge in [0.25, 0.3) is 0 Å². The second kappa shape index (κ2) is 5.38. The lowest BCUT2D eigenvalue weighted by atomic mass is 10.00. The molecule has 18 heavy (non-hydrogen) atoms. The van der Waals surface area contributed by atoms with Crippen molar-refractivity contribution in [3.05, 3.63) is 35.4 Å². The van der Waals surface area contributed by atoms with Gasteiger partial charge in [0, 0.05) is 11.9 Å². The van der Waals surface area contributed by atoms with Gasteiger partial charge in [0.2, 0.25) is 0 Å². The predicted octanol–water partition coefficient (Wildman–Crippen LogP) is 4.35. The summed E-state index contributed by atoms with van der Waals surface area (Å²) >= 11 is 0. The van der Waals surface area contributed by atoms with Crippen LogP contribution in [-0.2, 0) is 6.42 Å². The number of benzene rings is 1. The average Bonchev–Trinajstić information content (AvgIpc) is 2.37. The molecule has 0 spiro atoms. The molecule has 0 unspecified atom stereocenters. The largest absolute Gasteiger partial charge is 0.370 e. The van der Waals surface area contributed by atoms with E-state index in [1.165, 1.54) is 16.5 Å². The molecule has 0 saturated carbocycles. The standard InChI is InChI=1S/C16H22N2/c1-5-12-9-14-10-13(11(3)4)7-8-15(14)18-16(12)17-6-2/h7-11H,5-6H2,1-4H3,(H,17,18). The Balaban J connectivity index is 2.56. The molecule has 0 aliphatic heterocycles. The van der Waals surface area contributed by atoms with Crippen molar-refractivity contribution < 1.29 is 0 Å². The Hall–Kier alpha value is -1.57. The van der Waals surface area contributed by atoms with Gasteiger partial charge in [-0.05, 0) is 48.6 Å². The second-order valence-electron chi connectivity index (χ2n) is 4.99. The van der Waals surface area contributed by atoms with Crippen LogP contribution in [0.2, 0.25) is 0 Å². The smallest absolute Gasteiger partial charge is 0.129 e. The van der Waals surface area contributed by atoms with Gasteiger partial charge in [-0.15, -0.1) is 0 Å². The number of anilines is 1. The fourth-order valence-electron chi connectivity index (χ4n) is 2.19. The predicted molar refractivity (Wildman–Crippen MR) is 79.4 cm³/mol. The van der Waals surface area contributed by atoms with Gasteiger partial charge in [0.1, 0.15) is 5.82 Å². The molecule has 0 saturated heterocycles. The summed E-state index contributed by atoms with van der Waals surface area (Å²) in [7, 11) is 0. The van der Waals surface area contributed by atoms with Crippen molar-refractivity contribution in [2.24, 2.45) is 0 Å². The number of nitrogens with zero attached hydrogens (tertiary/aromatic N) is 1. The lowest BCUT2D eigenvalue weighted by molar-refractivity contribution is 0.868. The first kappa shape index (κ1) is 12.9. The summed E-state index contributed by atoms with van der Waals surface area (Å²) in [4.78, 5) is 4.73. The van der Waals surface area contributed by atoms with E-state index in [0.717, 1.165) is 24.3 Å². The van der Waals surface area contributed by atoms with E-state index in [4.69, 9.17) is 4.98 Å². The van der Waals surface area contributed by atoms with Gasteiger partial charge in [-0.25, -0.2) is 4.98 Å². The zero-order valence-corrected chi connectivity index (χ0v) is 11.7. The molecule has 1 aromatic heterocycles. The number of pyridine rings is 1. The molecule has 1 heterocycles. The van der Waals surface area contributed by atoms with Gasteiger partial charge in [-0.1, -0.05) is 26.8 Å². The van der Waals surface area contributed by atoms with Crippen molar-refractivity contribution in [2.75, 3.05) is 11.9 Å². The van der Waals surface area contributed by atoms with E-state index in [1.54, 1.807) is 0 Å². The summed E-state index contributed by atoms with van der Waals surface area (Å²) in [6, 6.07) is 8.85. The van der Waals surface area contributed by atoms with Crippen molar-refractivity contribution >= 4 is 16.7 Å². The highest BCUT2D eigenvalue weighted by molar-refractivity contribution is 5.82. The molecular weight excluding hydrogens is 220 g/mol. The fourth-order valence-corrected chi connectivity index (χ4v) is 2.19. The summed E-state index contributed by atoms with van der Waals surface area (Å²) in [6.45, 7) is 9.64. The summed E-state index contributed by atoms with van der Waals surface area (Å²) in [5, 5.41) is 4.60. The zero-order valence-electron chi connectivity index (χ0n) is 11.7. The van der Waals surface area contributed by atoms with E-state index in [-0.39, 0.29) is 0 Å². The minimum Gasteiger partial charge on any atom is -0.370 e. The van der Waals surface area contributed by atoms with Crippen LogP contribution in [0.4, 0.5) is 5.82 Å². The molecule has 2 aromatic rings. The van der Waals surface area contributed by atoms with E-state index >= 15 is 0 Å². The Bertz CT molecular complexity index is 544. The SMILES string of the molecule is CCNc1nc2ccc(C(C)C)cc2cc1CC. The number of aryl methyl sites for hydroxylation is 1. The summed E-state index contributed by atoms with van der Waals surface area (Å²) in [5.74, 6) is 1.60. The minimum atomic E-state index is 0.563. The molecule has 0 fully saturated rings. The summed E-state index contributed by atoms with van der Waals surface area (Å²) in [5.41, 5.74) is 3.75. The minimum absolute atomic E-state index is 0.563. The molecule has 0 amide bonds. The average molecular weight is 242 g/mol. The Kier molecular flexibility index (Phi) is 3.85. The van der Waals surface area contributed by atoms with Crippen LogP contribution < -0.4 is 5.32 Å². The Morgan fingerprint density at radius 2 is 1.94 bits per heavy atom. The summed E-state index contributed by atoms with van der Waals surface area (Å²) in [6.07, 6.45) is 1.01. The normalized spacial score (nSPS) is 11.2. The monoisotopic (exact) mass is 242 g/mol. The Morgan fingerprint density at radius 3 is 2.56 bits per heavy atom. The van der Waals surface area contributed by atoms with Crippen molar-refractivity contribution in [3.63, 3.8) is 0 Å². The van der Waals surface area contributed by atoms with E-state index in [9.17, 15) is 0 Å². The number of fused-ring (bicyclic) bond motifs is 1. The molecular formula is C16H22N2. The fraction of sp³-hybridized carbons (Fsp3) is 0.438. The second-order valence-corrected chi connectivity index (χ2v) is 4.99. The van der Waals surface area contributed by atoms with Gasteiger partial charge in [-0.3, -0.25) is 0 Å². The van der Waals surface area contributed by atoms with E-state index in [2.05, 4.69) is 57.3 Å². The topological polar surface area (TPSA) is 24.9 Å². The maximum absolute atomic E-state index is 4.73. The Labute approximate surface area is 109 Å². The number of nitrogens with one attached hydrogen (secondary N) is 1. The van der Waals surface area contributed by atoms with Gasteiger partial charge in [0.05, 0.1) is 5.52 Å². The van der Waals surface area contributed by atoms with Gasteiger partial charge in [0.15, 0.2) is 0 Å². The highest BCUT2D eigenvalue weighted by Gasteiger charge is 2.06. The van der Waals surface area contributed by atoms with E-state index in [1.807, 2.05) is 0 Å². The Morgan fingerprint density at radius 1 is 1.17 bits per heavy atom. The van der Waals surface area contributed by atoms with Crippen molar-refractivity contribution in [1.29, 1.82) is 0 Å². The van der Waals surface area contributed by atoms with Gasteiger partial charge >= 0.3 is 0 Å². The van der Waals surface area contributed by atoms with Crippen LogP contribution >= 0.6 is 0 Å². The molecule has 2 rings (SSSR count). The van der Waals surface area contributed by atoms with Crippen molar-refractivity contribution in [3.8, 4) is 0 Å². The maximum Gasteiger partial charge on any atom is 0.129 e. The molecule has 0 radical (unpaired) electrons. The molecule has 0 bridgehead atoms. The van der Waals surface area contributed by atoms with Gasteiger partial charge in [-0.2, -0.15) is 0 Å². The molecule has 1 aromatic carbocycles. The summed E-state index contributed by atoms with van der Waals surface area (Å²) < 4.78 is 0. The van der Waals surface area contributed by atoms with Crippen LogP contribution in [0.15, 0.2) is 24.3 Å². The number of aromatic nitrogens is 1. The number of rotatable bonds is 4.